The van der Waals surface area contributed by atoms with E-state index < -0.39 is 34.1 Å². The van der Waals surface area contributed by atoms with Gasteiger partial charge in [0.25, 0.3) is 0 Å². The highest BCUT2D eigenvalue weighted by molar-refractivity contribution is 6.31. The van der Waals surface area contributed by atoms with E-state index in [1.165, 1.54) is 0 Å². The van der Waals surface area contributed by atoms with E-state index in [9.17, 15) is 18.0 Å². The summed E-state index contributed by atoms with van der Waals surface area (Å²) in [5.41, 5.74) is -2.89. The van der Waals surface area contributed by atoms with Gasteiger partial charge in [-0.3, -0.25) is 4.79 Å². The molecule has 0 aromatic heterocycles. The molecule has 102 valence electrons. The van der Waals surface area contributed by atoms with Gasteiger partial charge < -0.3 is 0 Å². The minimum atomic E-state index is -1.33. The fraction of sp³-hybridized carbons (Fsp3) is 0.500. The van der Waals surface area contributed by atoms with Crippen LogP contribution in [-0.4, -0.2) is 11.5 Å². The van der Waals surface area contributed by atoms with Gasteiger partial charge in [0.1, 0.15) is 11.5 Å². The summed E-state index contributed by atoms with van der Waals surface area (Å²) in [5, 5.41) is -0.288. The van der Waals surface area contributed by atoms with Crippen LogP contribution in [0.1, 0.15) is 42.5 Å². The number of carbonyl (C=O) groups is 1. The third-order valence-corrected chi connectivity index (χ3v) is 4.80. The molecule has 0 heterocycles. The molecule has 2 aliphatic carbocycles. The molecule has 2 aliphatic rings. The number of halogens is 4. The summed E-state index contributed by atoms with van der Waals surface area (Å²) < 4.78 is 41.8. The van der Waals surface area contributed by atoms with E-state index in [-0.39, 0.29) is 11.4 Å². The van der Waals surface area contributed by atoms with Gasteiger partial charge in [-0.05, 0) is 44.2 Å². The van der Waals surface area contributed by atoms with Crippen LogP contribution in [0.3, 0.4) is 0 Å². The summed E-state index contributed by atoms with van der Waals surface area (Å²) in [6.07, 6.45) is 1.37. The number of hydrogen-bond acceptors (Lipinski definition) is 1. The summed E-state index contributed by atoms with van der Waals surface area (Å²) in [6, 6.07) is 2.05. The predicted octanol–water partition coefficient (Wildman–Crippen LogP) is 4.47. The quantitative estimate of drug-likeness (QED) is 0.579. The molecule has 0 radical (unpaired) electrons. The fourth-order valence-electron chi connectivity index (χ4n) is 3.44. The molecule has 0 spiro atoms. The summed E-state index contributed by atoms with van der Waals surface area (Å²) in [4.78, 5) is 12.5. The number of rotatable bonds is 2. The molecule has 3 rings (SSSR count). The molecule has 19 heavy (non-hydrogen) atoms. The smallest absolute Gasteiger partial charge is 0.175 e. The third-order valence-electron chi connectivity index (χ3n) is 4.51. The monoisotopic (exact) mass is 288 g/mol. The molecular weight excluding hydrogens is 277 g/mol. The molecule has 2 bridgehead atoms. The van der Waals surface area contributed by atoms with Crippen LogP contribution in [0.15, 0.2) is 12.1 Å². The Hall–Kier alpha value is -1.03. The van der Waals surface area contributed by atoms with Gasteiger partial charge >= 0.3 is 0 Å². The number of fused-ring (bicyclic) bond motifs is 2. The second-order valence-corrected chi connectivity index (χ2v) is 6.06. The van der Waals surface area contributed by atoms with Crippen molar-refractivity contribution in [3.8, 4) is 0 Å². The lowest BCUT2D eigenvalue weighted by Crippen LogP contribution is -2.28. The van der Waals surface area contributed by atoms with Gasteiger partial charge in [-0.15, -0.1) is 0 Å². The predicted molar refractivity (Wildman–Crippen MR) is 65.1 cm³/mol. The number of ketones is 1. The van der Waals surface area contributed by atoms with Gasteiger partial charge in [0, 0.05) is 5.41 Å². The van der Waals surface area contributed by atoms with Crippen molar-refractivity contribution in [2.24, 2.45) is 5.41 Å². The SMILES string of the molecule is O=C(c1c(F)ccc(Cl)c1F)C12CCC(F)(CC1)C2. The first-order chi connectivity index (χ1) is 8.87. The van der Waals surface area contributed by atoms with Crippen LogP contribution in [0.4, 0.5) is 13.2 Å². The molecule has 1 nitrogen and oxygen atoms in total. The van der Waals surface area contributed by atoms with Crippen LogP contribution in [0.5, 0.6) is 0 Å². The second kappa shape index (κ2) is 3.98. The lowest BCUT2D eigenvalue weighted by molar-refractivity contribution is 0.0793. The normalized spacial score (nSPS) is 32.8. The number of hydrogen-bond donors (Lipinski definition) is 0. The van der Waals surface area contributed by atoms with Crippen LogP contribution in [0, 0.1) is 17.0 Å². The first-order valence-electron chi connectivity index (χ1n) is 6.24. The molecule has 0 N–H and O–H groups in total. The Morgan fingerprint density at radius 3 is 2.32 bits per heavy atom. The highest BCUT2D eigenvalue weighted by atomic mass is 35.5. The fourth-order valence-corrected chi connectivity index (χ4v) is 3.60. The number of benzene rings is 1. The van der Waals surface area contributed by atoms with Gasteiger partial charge in [0.2, 0.25) is 0 Å². The van der Waals surface area contributed by atoms with E-state index in [1.807, 2.05) is 0 Å². The maximum Gasteiger partial charge on any atom is 0.175 e. The van der Waals surface area contributed by atoms with Crippen LogP contribution in [-0.2, 0) is 0 Å². The zero-order chi connectivity index (χ0) is 13.8. The van der Waals surface area contributed by atoms with Crippen molar-refractivity contribution in [3.63, 3.8) is 0 Å². The Morgan fingerprint density at radius 1 is 1.16 bits per heavy atom. The zero-order valence-electron chi connectivity index (χ0n) is 10.1. The van der Waals surface area contributed by atoms with E-state index in [1.54, 1.807) is 0 Å². The molecule has 1 aromatic rings. The molecule has 0 aliphatic heterocycles. The van der Waals surface area contributed by atoms with Crippen molar-refractivity contribution in [2.75, 3.05) is 0 Å². The van der Waals surface area contributed by atoms with Gasteiger partial charge in [-0.25, -0.2) is 13.2 Å². The molecule has 0 saturated heterocycles. The summed E-state index contributed by atoms with van der Waals surface area (Å²) in [7, 11) is 0. The minimum absolute atomic E-state index is 0.0736. The first kappa shape index (κ1) is 13.0. The maximum absolute atomic E-state index is 14.1. The van der Waals surface area contributed by atoms with Crippen molar-refractivity contribution < 1.29 is 18.0 Å². The van der Waals surface area contributed by atoms with Crippen molar-refractivity contribution in [3.05, 3.63) is 34.4 Å². The average molecular weight is 289 g/mol. The Labute approximate surface area is 113 Å². The van der Waals surface area contributed by atoms with Crippen molar-refractivity contribution in [1.82, 2.24) is 0 Å². The first-order valence-corrected chi connectivity index (χ1v) is 6.62. The van der Waals surface area contributed by atoms with E-state index in [2.05, 4.69) is 0 Å². The highest BCUT2D eigenvalue weighted by Gasteiger charge is 2.59. The maximum atomic E-state index is 14.1. The van der Waals surface area contributed by atoms with Crippen molar-refractivity contribution in [1.29, 1.82) is 0 Å². The third kappa shape index (κ3) is 1.80. The van der Waals surface area contributed by atoms with Crippen LogP contribution < -0.4 is 0 Å². The van der Waals surface area contributed by atoms with Crippen LogP contribution >= 0.6 is 11.6 Å². The highest BCUT2D eigenvalue weighted by Crippen LogP contribution is 2.59. The van der Waals surface area contributed by atoms with Crippen LogP contribution in [0.2, 0.25) is 5.02 Å². The minimum Gasteiger partial charge on any atom is -0.293 e. The summed E-state index contributed by atoms with van der Waals surface area (Å²) in [6.45, 7) is 0. The molecule has 0 unspecified atom stereocenters. The molecule has 0 atom stereocenters. The Kier molecular flexibility index (Phi) is 2.72. The van der Waals surface area contributed by atoms with Crippen molar-refractivity contribution >= 4 is 17.4 Å². The zero-order valence-corrected chi connectivity index (χ0v) is 10.9. The molecule has 2 fully saturated rings. The van der Waals surface area contributed by atoms with E-state index in [0.29, 0.717) is 25.7 Å². The van der Waals surface area contributed by atoms with E-state index in [0.717, 1.165) is 12.1 Å². The lowest BCUT2D eigenvalue weighted by atomic mass is 9.77. The Bertz CT molecular complexity index is 562. The van der Waals surface area contributed by atoms with E-state index in [4.69, 9.17) is 11.6 Å². The summed E-state index contributed by atoms with van der Waals surface area (Å²) in [5.74, 6) is -2.60. The molecule has 2 saturated carbocycles. The largest absolute Gasteiger partial charge is 0.293 e. The van der Waals surface area contributed by atoms with Crippen LogP contribution in [0.25, 0.3) is 0 Å². The van der Waals surface area contributed by atoms with Gasteiger partial charge in [0.15, 0.2) is 11.6 Å². The summed E-state index contributed by atoms with van der Waals surface area (Å²) >= 11 is 5.59. The lowest BCUT2D eigenvalue weighted by Gasteiger charge is -2.25. The Morgan fingerprint density at radius 2 is 1.79 bits per heavy atom. The number of alkyl halides is 1. The standard InChI is InChI=1S/C14H12ClF3O/c15-8-1-2-9(16)10(11(8)17)12(19)13-3-5-14(18,7-13)6-4-13/h1-2H,3-7H2. The Balaban J connectivity index is 2.05. The number of carbonyl (C=O) groups excluding carboxylic acids is 1. The topological polar surface area (TPSA) is 17.1 Å². The van der Waals surface area contributed by atoms with Gasteiger partial charge in [-0.1, -0.05) is 11.6 Å². The van der Waals surface area contributed by atoms with Gasteiger partial charge in [-0.2, -0.15) is 0 Å². The number of Topliss-reactive ketones (excluding diaryl/α,β-unsaturated/α-hetero) is 1. The van der Waals surface area contributed by atoms with Gasteiger partial charge in [0.05, 0.1) is 10.6 Å². The van der Waals surface area contributed by atoms with Crippen molar-refractivity contribution in [2.45, 2.75) is 37.8 Å². The molecular formula is C14H12ClF3O. The second-order valence-electron chi connectivity index (χ2n) is 5.66. The van der Waals surface area contributed by atoms with E-state index >= 15 is 0 Å². The molecule has 0 amide bonds. The molecule has 5 heteroatoms. The molecule has 1 aromatic carbocycles. The average Bonchev–Trinajstić information content (AvgIpc) is 2.89.